The van der Waals surface area contributed by atoms with E-state index in [4.69, 9.17) is 5.84 Å². The minimum Gasteiger partial charge on any atom is -0.350 e. The standard InChI is InChI=1S/C15H25N3O/c1-4-5-6-7-12(3)17-15(19)13-10-11(2)8-9-14(13)18-16/h8-10,12,18H,4-7,16H2,1-3H3,(H,17,19). The second kappa shape index (κ2) is 7.79. The molecule has 1 rings (SSSR count). The van der Waals surface area contributed by atoms with Gasteiger partial charge in [-0.05, 0) is 32.4 Å². The highest BCUT2D eigenvalue weighted by molar-refractivity contribution is 5.99. The Balaban J connectivity index is 2.64. The minimum absolute atomic E-state index is 0.0688. The molecule has 0 radical (unpaired) electrons. The number of nitrogens with one attached hydrogen (secondary N) is 2. The van der Waals surface area contributed by atoms with Crippen LogP contribution in [0.25, 0.3) is 0 Å². The summed E-state index contributed by atoms with van der Waals surface area (Å²) in [4.78, 5) is 12.2. The highest BCUT2D eigenvalue weighted by atomic mass is 16.1. The van der Waals surface area contributed by atoms with Gasteiger partial charge in [0.05, 0.1) is 11.3 Å². The molecule has 0 saturated heterocycles. The number of rotatable bonds is 7. The van der Waals surface area contributed by atoms with Crippen LogP contribution in [0.4, 0.5) is 5.69 Å². The van der Waals surface area contributed by atoms with Crippen LogP contribution in [-0.2, 0) is 0 Å². The normalized spacial score (nSPS) is 12.0. The highest BCUT2D eigenvalue weighted by Gasteiger charge is 2.13. The SMILES string of the molecule is CCCCCC(C)NC(=O)c1cc(C)ccc1NN. The summed E-state index contributed by atoms with van der Waals surface area (Å²) < 4.78 is 0. The molecule has 0 aliphatic carbocycles. The molecule has 0 heterocycles. The van der Waals surface area contributed by atoms with Crippen molar-refractivity contribution < 1.29 is 4.79 Å². The molecule has 0 aromatic heterocycles. The molecule has 0 bridgehead atoms. The minimum atomic E-state index is -0.0688. The Morgan fingerprint density at radius 2 is 2.11 bits per heavy atom. The predicted octanol–water partition coefficient (Wildman–Crippen LogP) is 2.98. The Morgan fingerprint density at radius 1 is 1.37 bits per heavy atom. The molecular weight excluding hydrogens is 238 g/mol. The average molecular weight is 263 g/mol. The second-order valence-electron chi connectivity index (χ2n) is 5.06. The number of amides is 1. The Morgan fingerprint density at radius 3 is 2.74 bits per heavy atom. The first-order valence-electron chi connectivity index (χ1n) is 6.96. The van der Waals surface area contributed by atoms with Gasteiger partial charge >= 0.3 is 0 Å². The van der Waals surface area contributed by atoms with E-state index in [0.717, 1.165) is 18.4 Å². The van der Waals surface area contributed by atoms with Crippen molar-refractivity contribution in [3.63, 3.8) is 0 Å². The Labute approximate surface area is 115 Å². The van der Waals surface area contributed by atoms with Gasteiger partial charge in [-0.25, -0.2) is 0 Å². The van der Waals surface area contributed by atoms with Crippen molar-refractivity contribution in [2.45, 2.75) is 52.5 Å². The summed E-state index contributed by atoms with van der Waals surface area (Å²) >= 11 is 0. The number of hydrogen-bond donors (Lipinski definition) is 3. The van der Waals surface area contributed by atoms with Crippen molar-refractivity contribution in [3.8, 4) is 0 Å². The number of anilines is 1. The molecule has 4 nitrogen and oxygen atoms in total. The fourth-order valence-corrected chi connectivity index (χ4v) is 2.05. The van der Waals surface area contributed by atoms with Crippen molar-refractivity contribution >= 4 is 11.6 Å². The van der Waals surface area contributed by atoms with Crippen LogP contribution < -0.4 is 16.6 Å². The molecule has 0 aliphatic heterocycles. The molecule has 1 atom stereocenters. The van der Waals surface area contributed by atoms with Gasteiger partial charge in [0.2, 0.25) is 0 Å². The van der Waals surface area contributed by atoms with Crippen molar-refractivity contribution in [1.82, 2.24) is 5.32 Å². The van der Waals surface area contributed by atoms with Crippen LogP contribution in [0.3, 0.4) is 0 Å². The number of unbranched alkanes of at least 4 members (excludes halogenated alkanes) is 2. The van der Waals surface area contributed by atoms with Crippen LogP contribution in [-0.4, -0.2) is 11.9 Å². The number of nitrogen functional groups attached to an aromatic ring is 1. The lowest BCUT2D eigenvalue weighted by Gasteiger charge is -2.15. The van der Waals surface area contributed by atoms with Crippen molar-refractivity contribution in [1.29, 1.82) is 0 Å². The quantitative estimate of drug-likeness (QED) is 0.402. The molecule has 106 valence electrons. The van der Waals surface area contributed by atoms with Gasteiger partial charge in [-0.1, -0.05) is 37.8 Å². The van der Waals surface area contributed by atoms with Gasteiger partial charge in [-0.2, -0.15) is 0 Å². The van der Waals surface area contributed by atoms with E-state index in [9.17, 15) is 4.79 Å². The maximum absolute atomic E-state index is 12.2. The number of carbonyl (C=O) groups excluding carboxylic acids is 1. The van der Waals surface area contributed by atoms with Crippen LogP contribution in [0, 0.1) is 6.92 Å². The fraction of sp³-hybridized carbons (Fsp3) is 0.533. The van der Waals surface area contributed by atoms with Gasteiger partial charge in [0.25, 0.3) is 5.91 Å². The van der Waals surface area contributed by atoms with Crippen LogP contribution in [0.1, 0.15) is 55.5 Å². The Hall–Kier alpha value is -1.55. The molecular formula is C15H25N3O. The van der Waals surface area contributed by atoms with E-state index in [2.05, 4.69) is 17.7 Å². The third kappa shape index (κ3) is 4.91. The Bertz CT molecular complexity index is 418. The first kappa shape index (κ1) is 15.5. The van der Waals surface area contributed by atoms with E-state index in [1.165, 1.54) is 12.8 Å². The maximum Gasteiger partial charge on any atom is 0.253 e. The predicted molar refractivity (Wildman–Crippen MR) is 80.1 cm³/mol. The van der Waals surface area contributed by atoms with Gasteiger partial charge in [-0.15, -0.1) is 0 Å². The summed E-state index contributed by atoms with van der Waals surface area (Å²) in [5.41, 5.74) is 4.87. The third-order valence-electron chi connectivity index (χ3n) is 3.19. The maximum atomic E-state index is 12.2. The van der Waals surface area contributed by atoms with E-state index in [1.54, 1.807) is 0 Å². The lowest BCUT2D eigenvalue weighted by molar-refractivity contribution is 0.0938. The fourth-order valence-electron chi connectivity index (χ4n) is 2.05. The molecule has 0 fully saturated rings. The lowest BCUT2D eigenvalue weighted by Crippen LogP contribution is -2.33. The molecule has 1 amide bonds. The zero-order valence-corrected chi connectivity index (χ0v) is 12.1. The zero-order valence-electron chi connectivity index (χ0n) is 12.1. The number of hydrogen-bond acceptors (Lipinski definition) is 3. The van der Waals surface area contributed by atoms with E-state index in [0.29, 0.717) is 11.3 Å². The van der Waals surface area contributed by atoms with E-state index in [1.807, 2.05) is 32.0 Å². The van der Waals surface area contributed by atoms with Gasteiger partial charge < -0.3 is 10.7 Å². The summed E-state index contributed by atoms with van der Waals surface area (Å²) in [7, 11) is 0. The van der Waals surface area contributed by atoms with E-state index < -0.39 is 0 Å². The Kier molecular flexibility index (Phi) is 6.36. The topological polar surface area (TPSA) is 67.2 Å². The smallest absolute Gasteiger partial charge is 0.253 e. The monoisotopic (exact) mass is 263 g/mol. The third-order valence-corrected chi connectivity index (χ3v) is 3.19. The summed E-state index contributed by atoms with van der Waals surface area (Å²) in [6, 6.07) is 5.79. The number of hydrazine groups is 1. The molecule has 0 saturated carbocycles. The molecule has 4 N–H and O–H groups in total. The summed E-state index contributed by atoms with van der Waals surface area (Å²) in [5, 5.41) is 3.02. The van der Waals surface area contributed by atoms with Gasteiger partial charge in [0.15, 0.2) is 0 Å². The van der Waals surface area contributed by atoms with Crippen LogP contribution in [0.5, 0.6) is 0 Å². The zero-order chi connectivity index (χ0) is 14.3. The van der Waals surface area contributed by atoms with Crippen LogP contribution in [0.15, 0.2) is 18.2 Å². The molecule has 1 aromatic carbocycles. The lowest BCUT2D eigenvalue weighted by atomic mass is 10.1. The molecule has 19 heavy (non-hydrogen) atoms. The first-order chi connectivity index (χ1) is 9.08. The number of aryl methyl sites for hydroxylation is 1. The molecule has 1 aromatic rings. The average Bonchev–Trinajstić information content (AvgIpc) is 2.39. The number of carbonyl (C=O) groups is 1. The second-order valence-corrected chi connectivity index (χ2v) is 5.06. The number of nitrogens with two attached hydrogens (primary N) is 1. The number of benzene rings is 1. The molecule has 0 spiro atoms. The molecule has 4 heteroatoms. The van der Waals surface area contributed by atoms with Crippen molar-refractivity contribution in [2.75, 3.05) is 5.43 Å². The van der Waals surface area contributed by atoms with E-state index in [-0.39, 0.29) is 11.9 Å². The summed E-state index contributed by atoms with van der Waals surface area (Å²) in [5.74, 6) is 5.37. The summed E-state index contributed by atoms with van der Waals surface area (Å²) in [6.45, 7) is 6.18. The van der Waals surface area contributed by atoms with Crippen molar-refractivity contribution in [3.05, 3.63) is 29.3 Å². The largest absolute Gasteiger partial charge is 0.350 e. The first-order valence-corrected chi connectivity index (χ1v) is 6.96. The molecule has 0 aliphatic rings. The van der Waals surface area contributed by atoms with E-state index >= 15 is 0 Å². The van der Waals surface area contributed by atoms with Gasteiger partial charge in [0, 0.05) is 6.04 Å². The van der Waals surface area contributed by atoms with Crippen molar-refractivity contribution in [2.24, 2.45) is 5.84 Å². The van der Waals surface area contributed by atoms with Gasteiger partial charge in [-0.3, -0.25) is 10.6 Å². The summed E-state index contributed by atoms with van der Waals surface area (Å²) in [6.07, 6.45) is 4.56. The van der Waals surface area contributed by atoms with Gasteiger partial charge in [0.1, 0.15) is 0 Å². The van der Waals surface area contributed by atoms with Crippen LogP contribution in [0.2, 0.25) is 0 Å². The highest BCUT2D eigenvalue weighted by Crippen LogP contribution is 2.16. The molecule has 1 unspecified atom stereocenters. The van der Waals surface area contributed by atoms with Crippen LogP contribution >= 0.6 is 0 Å².